The van der Waals surface area contributed by atoms with Crippen molar-refractivity contribution < 1.29 is 9.53 Å². The normalized spacial score (nSPS) is 17.4. The number of hydrogen-bond donors (Lipinski definition) is 1. The second-order valence-corrected chi connectivity index (χ2v) is 5.92. The van der Waals surface area contributed by atoms with Crippen molar-refractivity contribution in [3.63, 3.8) is 0 Å². The molecule has 1 atom stereocenters. The summed E-state index contributed by atoms with van der Waals surface area (Å²) in [7, 11) is 1.78. The summed E-state index contributed by atoms with van der Waals surface area (Å²) in [5.74, 6) is 0. The first-order valence-corrected chi connectivity index (χ1v) is 8.07. The van der Waals surface area contributed by atoms with E-state index in [9.17, 15) is 4.79 Å². The van der Waals surface area contributed by atoms with Crippen LogP contribution >= 0.6 is 11.5 Å². The standard InChI is InChI=1S/C15H18N4O2S/c1-19(9-13-3-2-8-21-13)15(20)16-12-6-4-11(5-7-12)14-10-22-18-17-14/h4-7,10,13H,2-3,8-9H2,1H3,(H,16,20)/t13-/m0/s1. The highest BCUT2D eigenvalue weighted by molar-refractivity contribution is 7.03. The van der Waals surface area contributed by atoms with Crippen LogP contribution in [0.4, 0.5) is 10.5 Å². The zero-order valence-electron chi connectivity index (χ0n) is 12.4. The second kappa shape index (κ2) is 6.85. The van der Waals surface area contributed by atoms with Gasteiger partial charge in [-0.25, -0.2) is 4.79 Å². The molecular formula is C15H18N4O2S. The number of hydrogen-bond acceptors (Lipinski definition) is 5. The number of rotatable bonds is 4. The minimum atomic E-state index is -0.126. The molecule has 0 aliphatic carbocycles. The van der Waals surface area contributed by atoms with Gasteiger partial charge in [0.25, 0.3) is 0 Å². The van der Waals surface area contributed by atoms with Gasteiger partial charge >= 0.3 is 6.03 Å². The van der Waals surface area contributed by atoms with E-state index < -0.39 is 0 Å². The molecule has 1 aliphatic heterocycles. The van der Waals surface area contributed by atoms with Crippen molar-refractivity contribution in [2.24, 2.45) is 0 Å². The summed E-state index contributed by atoms with van der Waals surface area (Å²) in [5, 5.41) is 8.80. The first-order chi connectivity index (χ1) is 10.7. The zero-order valence-corrected chi connectivity index (χ0v) is 13.2. The lowest BCUT2D eigenvalue weighted by molar-refractivity contribution is 0.0894. The third kappa shape index (κ3) is 3.61. The van der Waals surface area contributed by atoms with Gasteiger partial charge in [0.1, 0.15) is 5.69 Å². The number of carbonyl (C=O) groups excluding carboxylic acids is 1. The summed E-state index contributed by atoms with van der Waals surface area (Å²) in [5.41, 5.74) is 2.59. The van der Waals surface area contributed by atoms with E-state index in [0.29, 0.717) is 6.54 Å². The Bertz CT molecular complexity index is 609. The quantitative estimate of drug-likeness (QED) is 0.941. The van der Waals surface area contributed by atoms with E-state index in [1.165, 1.54) is 11.5 Å². The van der Waals surface area contributed by atoms with Gasteiger partial charge in [-0.2, -0.15) is 0 Å². The number of likely N-dealkylation sites (N-methyl/N-ethyl adjacent to an activating group) is 1. The van der Waals surface area contributed by atoms with E-state index in [1.807, 2.05) is 29.6 Å². The average Bonchev–Trinajstić information content (AvgIpc) is 3.21. The van der Waals surface area contributed by atoms with Gasteiger partial charge < -0.3 is 15.0 Å². The number of amides is 2. The van der Waals surface area contributed by atoms with Crippen molar-refractivity contribution in [3.05, 3.63) is 29.6 Å². The van der Waals surface area contributed by atoms with Crippen molar-refractivity contribution in [1.82, 2.24) is 14.5 Å². The number of nitrogens with zero attached hydrogens (tertiary/aromatic N) is 3. The number of carbonyl (C=O) groups is 1. The molecular weight excluding hydrogens is 300 g/mol. The zero-order chi connectivity index (χ0) is 15.4. The van der Waals surface area contributed by atoms with Gasteiger partial charge in [0.15, 0.2) is 0 Å². The molecule has 0 unspecified atom stereocenters. The van der Waals surface area contributed by atoms with E-state index in [2.05, 4.69) is 14.9 Å². The topological polar surface area (TPSA) is 67.3 Å². The summed E-state index contributed by atoms with van der Waals surface area (Å²) < 4.78 is 9.39. The fourth-order valence-electron chi connectivity index (χ4n) is 2.41. The third-order valence-electron chi connectivity index (χ3n) is 3.64. The van der Waals surface area contributed by atoms with Gasteiger partial charge in [-0.1, -0.05) is 16.6 Å². The molecule has 1 saturated heterocycles. The van der Waals surface area contributed by atoms with Crippen LogP contribution < -0.4 is 5.32 Å². The lowest BCUT2D eigenvalue weighted by Gasteiger charge is -2.21. The van der Waals surface area contributed by atoms with Crippen LogP contribution in [0, 0.1) is 0 Å². The summed E-state index contributed by atoms with van der Waals surface area (Å²) in [6.07, 6.45) is 2.26. The molecule has 1 aliphatic rings. The Balaban J connectivity index is 1.56. The van der Waals surface area contributed by atoms with Gasteiger partial charge in [-0.05, 0) is 36.5 Å². The van der Waals surface area contributed by atoms with Crippen molar-refractivity contribution >= 4 is 23.3 Å². The Morgan fingerprint density at radius 3 is 2.91 bits per heavy atom. The monoisotopic (exact) mass is 318 g/mol. The fraction of sp³-hybridized carbons (Fsp3) is 0.400. The highest BCUT2D eigenvalue weighted by Crippen LogP contribution is 2.20. The average molecular weight is 318 g/mol. The van der Waals surface area contributed by atoms with Gasteiger partial charge in [-0.3, -0.25) is 0 Å². The summed E-state index contributed by atoms with van der Waals surface area (Å²) >= 11 is 1.32. The molecule has 7 heteroatoms. The first kappa shape index (κ1) is 14.9. The molecule has 0 saturated carbocycles. The number of urea groups is 1. The Labute approximate surface area is 133 Å². The molecule has 0 spiro atoms. The Morgan fingerprint density at radius 2 is 2.27 bits per heavy atom. The number of benzene rings is 1. The van der Waals surface area contributed by atoms with E-state index in [4.69, 9.17) is 4.74 Å². The Kier molecular flexibility index (Phi) is 4.65. The van der Waals surface area contributed by atoms with Crippen LogP contribution in [0.15, 0.2) is 29.6 Å². The molecule has 2 aromatic rings. The predicted molar refractivity (Wildman–Crippen MR) is 86.0 cm³/mol. The van der Waals surface area contributed by atoms with Gasteiger partial charge in [0.05, 0.1) is 6.10 Å². The number of ether oxygens (including phenoxy) is 1. The smallest absolute Gasteiger partial charge is 0.321 e. The van der Waals surface area contributed by atoms with Crippen LogP contribution in [0.25, 0.3) is 11.3 Å². The first-order valence-electron chi connectivity index (χ1n) is 7.23. The number of nitrogens with one attached hydrogen (secondary N) is 1. The van der Waals surface area contributed by atoms with Crippen molar-refractivity contribution in [3.8, 4) is 11.3 Å². The lowest BCUT2D eigenvalue weighted by atomic mass is 10.1. The molecule has 116 valence electrons. The summed E-state index contributed by atoms with van der Waals surface area (Å²) in [6.45, 7) is 1.42. The molecule has 22 heavy (non-hydrogen) atoms. The SMILES string of the molecule is CN(C[C@@H]1CCCO1)C(=O)Nc1ccc(-c2csnn2)cc1. The number of aromatic nitrogens is 2. The predicted octanol–water partition coefficient (Wildman–Crippen LogP) is 2.85. The van der Waals surface area contributed by atoms with Crippen LogP contribution in [-0.2, 0) is 4.74 Å². The van der Waals surface area contributed by atoms with E-state index >= 15 is 0 Å². The third-order valence-corrected chi connectivity index (χ3v) is 4.14. The second-order valence-electron chi connectivity index (χ2n) is 5.31. The minimum absolute atomic E-state index is 0.126. The molecule has 1 aromatic heterocycles. The fourth-order valence-corrected chi connectivity index (χ4v) is 2.88. The highest BCUT2D eigenvalue weighted by atomic mass is 32.1. The molecule has 2 amide bonds. The molecule has 2 heterocycles. The maximum atomic E-state index is 12.2. The highest BCUT2D eigenvalue weighted by Gasteiger charge is 2.20. The molecule has 1 aromatic carbocycles. The van der Waals surface area contributed by atoms with Gasteiger partial charge in [0, 0.05) is 36.8 Å². The Morgan fingerprint density at radius 1 is 1.45 bits per heavy atom. The molecule has 0 bridgehead atoms. The van der Waals surface area contributed by atoms with Crippen LogP contribution in [0.5, 0.6) is 0 Å². The van der Waals surface area contributed by atoms with Crippen LogP contribution in [0.3, 0.4) is 0 Å². The van der Waals surface area contributed by atoms with Crippen LogP contribution in [0.1, 0.15) is 12.8 Å². The van der Waals surface area contributed by atoms with E-state index in [-0.39, 0.29) is 12.1 Å². The number of anilines is 1. The van der Waals surface area contributed by atoms with Crippen LogP contribution in [-0.4, -0.2) is 46.8 Å². The molecule has 6 nitrogen and oxygen atoms in total. The molecule has 1 N–H and O–H groups in total. The van der Waals surface area contributed by atoms with Crippen molar-refractivity contribution in [2.45, 2.75) is 18.9 Å². The van der Waals surface area contributed by atoms with Gasteiger partial charge in [-0.15, -0.1) is 5.10 Å². The lowest BCUT2D eigenvalue weighted by Crippen LogP contribution is -2.37. The van der Waals surface area contributed by atoms with Crippen molar-refractivity contribution in [1.29, 1.82) is 0 Å². The molecule has 3 rings (SSSR count). The summed E-state index contributed by atoms with van der Waals surface area (Å²) in [4.78, 5) is 13.8. The Hall–Kier alpha value is -1.99. The van der Waals surface area contributed by atoms with Gasteiger partial charge in [0.2, 0.25) is 0 Å². The maximum absolute atomic E-state index is 12.2. The van der Waals surface area contributed by atoms with E-state index in [1.54, 1.807) is 11.9 Å². The molecule has 0 radical (unpaired) electrons. The van der Waals surface area contributed by atoms with E-state index in [0.717, 1.165) is 36.4 Å². The largest absolute Gasteiger partial charge is 0.376 e. The van der Waals surface area contributed by atoms with Crippen molar-refractivity contribution in [2.75, 3.05) is 25.5 Å². The maximum Gasteiger partial charge on any atom is 0.321 e. The van der Waals surface area contributed by atoms with Crippen LogP contribution in [0.2, 0.25) is 0 Å². The minimum Gasteiger partial charge on any atom is -0.376 e. The summed E-state index contributed by atoms with van der Waals surface area (Å²) in [6, 6.07) is 7.45. The molecule has 1 fully saturated rings.